The summed E-state index contributed by atoms with van der Waals surface area (Å²) in [5.74, 6) is 0. The molecule has 0 saturated carbocycles. The maximum Gasteiger partial charge on any atom is 0.00106 e. The minimum atomic E-state index is -1.50. The molecule has 0 aliphatic rings. The molecular weight excluding hydrogens is 74.0 g/mol. The average molecular weight is 79.1 g/mol. The predicted molar refractivity (Wildman–Crippen MR) is 15.8 cm³/mol. The number of rotatable bonds is 1. The van der Waals surface area contributed by atoms with Crippen molar-refractivity contribution in [2.45, 2.75) is 13.3 Å². The first kappa shape index (κ1) is 4.86. The molecule has 0 rings (SSSR count). The van der Waals surface area contributed by atoms with E-state index in [1.54, 1.807) is 0 Å². The summed E-state index contributed by atoms with van der Waals surface area (Å²) in [7, 11) is 0. The SMILES string of the molecule is CC[C-](F)F. The Morgan fingerprint density at radius 3 is 1.80 bits per heavy atom. The Hall–Kier alpha value is -0.140. The summed E-state index contributed by atoms with van der Waals surface area (Å²) >= 11 is 0. The highest BCUT2D eigenvalue weighted by Crippen LogP contribution is 2.04. The first-order valence-corrected chi connectivity index (χ1v) is 1.44. The van der Waals surface area contributed by atoms with E-state index in [0.717, 1.165) is 0 Å². The van der Waals surface area contributed by atoms with E-state index in [1.165, 1.54) is 6.92 Å². The Morgan fingerprint density at radius 1 is 1.60 bits per heavy atom. The zero-order valence-electron chi connectivity index (χ0n) is 2.96. The van der Waals surface area contributed by atoms with Crippen LogP contribution in [0.4, 0.5) is 8.78 Å². The molecule has 0 fully saturated rings. The first-order chi connectivity index (χ1) is 2.27. The third-order valence-corrected chi connectivity index (χ3v) is 0.267. The van der Waals surface area contributed by atoms with Gasteiger partial charge < -0.3 is 8.78 Å². The highest BCUT2D eigenvalue weighted by atomic mass is 19.3. The lowest BCUT2D eigenvalue weighted by molar-refractivity contribution is 0.277. The Morgan fingerprint density at radius 2 is 1.80 bits per heavy atom. The molecule has 0 aliphatic carbocycles. The Kier molecular flexibility index (Phi) is 2.06. The smallest absolute Gasteiger partial charge is 0.00106 e. The minimum Gasteiger partial charge on any atom is -0.421 e. The lowest BCUT2D eigenvalue weighted by atomic mass is 10.5. The molecular formula is C3H5F2-. The fourth-order valence-corrected chi connectivity index (χ4v) is 0. The zero-order chi connectivity index (χ0) is 4.28. The van der Waals surface area contributed by atoms with Crippen molar-refractivity contribution in [1.29, 1.82) is 0 Å². The Balaban J connectivity index is 2.54. The van der Waals surface area contributed by atoms with E-state index in [4.69, 9.17) is 0 Å². The molecule has 5 heavy (non-hydrogen) atoms. The summed E-state index contributed by atoms with van der Waals surface area (Å²) in [5, 5.41) is 0. The molecule has 0 saturated heterocycles. The van der Waals surface area contributed by atoms with Crippen LogP contribution < -0.4 is 0 Å². The van der Waals surface area contributed by atoms with Gasteiger partial charge in [0.05, 0.1) is 0 Å². The molecule has 32 valence electrons. The summed E-state index contributed by atoms with van der Waals surface area (Å²) in [6.07, 6.45) is -1.61. The molecule has 0 nitrogen and oxygen atoms in total. The van der Waals surface area contributed by atoms with Crippen LogP contribution >= 0.6 is 0 Å². The van der Waals surface area contributed by atoms with Gasteiger partial charge in [-0.1, -0.05) is 6.92 Å². The maximum absolute atomic E-state index is 10.7. The van der Waals surface area contributed by atoms with Gasteiger partial charge in [-0.3, -0.25) is 0 Å². The topological polar surface area (TPSA) is 0 Å². The van der Waals surface area contributed by atoms with Gasteiger partial charge in [-0.2, -0.15) is 0 Å². The van der Waals surface area contributed by atoms with Crippen molar-refractivity contribution in [2.75, 3.05) is 0 Å². The average Bonchev–Trinajstić information content (AvgIpc) is 1.38. The third kappa shape index (κ3) is 3.86. The number of halogens is 2. The van der Waals surface area contributed by atoms with Crippen molar-refractivity contribution in [3.05, 3.63) is 6.43 Å². The van der Waals surface area contributed by atoms with E-state index < -0.39 is 6.43 Å². The van der Waals surface area contributed by atoms with Crippen LogP contribution in [0.2, 0.25) is 0 Å². The maximum atomic E-state index is 10.7. The van der Waals surface area contributed by atoms with Gasteiger partial charge in [-0.15, -0.1) is 6.42 Å². The molecule has 0 aromatic heterocycles. The fraction of sp³-hybridized carbons (Fsp3) is 0.667. The number of hydrogen-bond acceptors (Lipinski definition) is 0. The van der Waals surface area contributed by atoms with Crippen molar-refractivity contribution in [1.82, 2.24) is 0 Å². The predicted octanol–water partition coefficient (Wildman–Crippen LogP) is 1.82. The molecule has 0 spiro atoms. The molecule has 0 aromatic carbocycles. The molecule has 0 aliphatic heterocycles. The monoisotopic (exact) mass is 79.0 g/mol. The quantitative estimate of drug-likeness (QED) is 0.420. The third-order valence-electron chi connectivity index (χ3n) is 0.267. The van der Waals surface area contributed by atoms with E-state index >= 15 is 0 Å². The molecule has 0 N–H and O–H groups in total. The standard InChI is InChI=1S/C3H5F2/c1-2-3(4)5/h2H2,1H3/q-1. The van der Waals surface area contributed by atoms with Crippen LogP contribution in [-0.2, 0) is 0 Å². The second-order valence-electron chi connectivity index (χ2n) is 0.692. The van der Waals surface area contributed by atoms with Crippen LogP contribution in [0.5, 0.6) is 0 Å². The van der Waals surface area contributed by atoms with Crippen molar-refractivity contribution in [3.63, 3.8) is 0 Å². The zero-order valence-corrected chi connectivity index (χ0v) is 2.96. The largest absolute Gasteiger partial charge is 0.421 e. The van der Waals surface area contributed by atoms with E-state index in [-0.39, 0.29) is 6.42 Å². The highest BCUT2D eigenvalue weighted by molar-refractivity contribution is 4.50. The Labute approximate surface area is 29.8 Å². The van der Waals surface area contributed by atoms with Crippen LogP contribution in [0.1, 0.15) is 13.3 Å². The summed E-state index contributed by atoms with van der Waals surface area (Å²) < 4.78 is 21.4. The summed E-state index contributed by atoms with van der Waals surface area (Å²) in [5.41, 5.74) is 0. The highest BCUT2D eigenvalue weighted by Gasteiger charge is 1.72. The Bertz CT molecular complexity index is 18.9. The molecule has 0 bridgehead atoms. The molecule has 0 unspecified atom stereocenters. The van der Waals surface area contributed by atoms with Gasteiger partial charge in [0.15, 0.2) is 0 Å². The van der Waals surface area contributed by atoms with Gasteiger partial charge in [0.25, 0.3) is 0 Å². The molecule has 0 heterocycles. The normalized spacial score (nSPS) is 9.60. The van der Waals surface area contributed by atoms with Gasteiger partial charge in [-0.25, -0.2) is 0 Å². The molecule has 0 aromatic rings. The molecule has 0 radical (unpaired) electrons. The van der Waals surface area contributed by atoms with Crippen LogP contribution in [0, 0.1) is 6.43 Å². The van der Waals surface area contributed by atoms with E-state index in [0.29, 0.717) is 0 Å². The van der Waals surface area contributed by atoms with Crippen LogP contribution in [-0.4, -0.2) is 0 Å². The minimum absolute atomic E-state index is 0.111. The van der Waals surface area contributed by atoms with Gasteiger partial charge in [0, 0.05) is 6.43 Å². The summed E-state index contributed by atoms with van der Waals surface area (Å²) in [6.45, 7) is 1.41. The van der Waals surface area contributed by atoms with Crippen molar-refractivity contribution >= 4 is 0 Å². The summed E-state index contributed by atoms with van der Waals surface area (Å²) in [6, 6.07) is 0. The lowest BCUT2D eigenvalue weighted by Gasteiger charge is -2.00. The van der Waals surface area contributed by atoms with Crippen LogP contribution in [0.15, 0.2) is 0 Å². The lowest BCUT2D eigenvalue weighted by Crippen LogP contribution is -1.67. The van der Waals surface area contributed by atoms with Crippen molar-refractivity contribution in [2.24, 2.45) is 0 Å². The second-order valence-corrected chi connectivity index (χ2v) is 0.692. The van der Waals surface area contributed by atoms with Crippen LogP contribution in [0.3, 0.4) is 0 Å². The van der Waals surface area contributed by atoms with Crippen LogP contribution in [0.25, 0.3) is 0 Å². The summed E-state index contributed by atoms with van der Waals surface area (Å²) in [4.78, 5) is 0. The van der Waals surface area contributed by atoms with E-state index in [2.05, 4.69) is 0 Å². The van der Waals surface area contributed by atoms with E-state index in [1.807, 2.05) is 0 Å². The van der Waals surface area contributed by atoms with Gasteiger partial charge in [-0.05, 0) is 0 Å². The van der Waals surface area contributed by atoms with Gasteiger partial charge in [0.2, 0.25) is 0 Å². The molecule has 0 atom stereocenters. The van der Waals surface area contributed by atoms with Gasteiger partial charge in [0.1, 0.15) is 0 Å². The second kappa shape index (κ2) is 2.12. The van der Waals surface area contributed by atoms with Gasteiger partial charge >= 0.3 is 0 Å². The molecule has 0 amide bonds. The first-order valence-electron chi connectivity index (χ1n) is 1.44. The molecule has 2 heteroatoms. The fourth-order valence-electron chi connectivity index (χ4n) is 0. The van der Waals surface area contributed by atoms with E-state index in [9.17, 15) is 8.78 Å². The van der Waals surface area contributed by atoms with Crippen molar-refractivity contribution in [3.8, 4) is 0 Å². The number of hydrogen-bond donors (Lipinski definition) is 0. The van der Waals surface area contributed by atoms with Crippen molar-refractivity contribution < 1.29 is 8.78 Å².